The van der Waals surface area contributed by atoms with E-state index in [-0.39, 0.29) is 12.5 Å². The summed E-state index contributed by atoms with van der Waals surface area (Å²) in [5, 5.41) is 8.62. The minimum absolute atomic E-state index is 0.0507. The van der Waals surface area contributed by atoms with Crippen molar-refractivity contribution in [2.45, 2.75) is 6.42 Å². The predicted molar refractivity (Wildman–Crippen MR) is 74.1 cm³/mol. The van der Waals surface area contributed by atoms with Crippen LogP contribution in [0.2, 0.25) is 0 Å². The zero-order valence-electron chi connectivity index (χ0n) is 11.5. The van der Waals surface area contributed by atoms with Crippen molar-refractivity contribution in [3.8, 4) is 11.8 Å². The summed E-state index contributed by atoms with van der Waals surface area (Å²) in [6.07, 6.45) is 2.53. The van der Waals surface area contributed by atoms with E-state index in [1.54, 1.807) is 25.4 Å². The maximum absolute atomic E-state index is 12.3. The number of methoxy groups -OCH3 is 1. The van der Waals surface area contributed by atoms with Gasteiger partial charge in [0.25, 0.3) is 5.91 Å². The Labute approximate surface area is 118 Å². The second kappa shape index (κ2) is 7.04. The topological polar surface area (TPSA) is 62.7 Å². The van der Waals surface area contributed by atoms with Crippen LogP contribution in [0.25, 0.3) is 0 Å². The maximum atomic E-state index is 12.3. The van der Waals surface area contributed by atoms with Crippen LogP contribution in [0.3, 0.4) is 0 Å². The Morgan fingerprint density at radius 3 is 3.10 bits per heavy atom. The molecule has 1 amide bonds. The number of rotatable bonds is 3. The van der Waals surface area contributed by atoms with Gasteiger partial charge in [-0.05, 0) is 18.6 Å². The number of hydrogen-bond acceptors (Lipinski definition) is 4. The molecule has 5 nitrogen and oxygen atoms in total. The first-order valence-electron chi connectivity index (χ1n) is 6.58. The third kappa shape index (κ3) is 3.56. The molecule has 0 saturated carbocycles. The monoisotopic (exact) mass is 274 g/mol. The summed E-state index contributed by atoms with van der Waals surface area (Å²) in [6, 6.07) is 3.42. The molecule has 1 N–H and O–H groups in total. The van der Waals surface area contributed by atoms with Gasteiger partial charge < -0.3 is 14.7 Å². The van der Waals surface area contributed by atoms with Gasteiger partial charge in [-0.25, -0.2) is 4.98 Å². The number of likely N-dealkylation sites (tertiary alicyclic amines) is 1. The van der Waals surface area contributed by atoms with Crippen LogP contribution < -0.4 is 0 Å². The number of aromatic nitrogens is 1. The molecule has 20 heavy (non-hydrogen) atoms. The van der Waals surface area contributed by atoms with E-state index in [0.717, 1.165) is 19.5 Å². The van der Waals surface area contributed by atoms with Crippen molar-refractivity contribution in [1.29, 1.82) is 0 Å². The maximum Gasteiger partial charge on any atom is 0.272 e. The largest absolute Gasteiger partial charge is 0.384 e. The van der Waals surface area contributed by atoms with E-state index >= 15 is 0 Å². The molecule has 1 saturated heterocycles. The van der Waals surface area contributed by atoms with E-state index in [1.165, 1.54) is 0 Å². The van der Waals surface area contributed by atoms with Crippen molar-refractivity contribution < 1.29 is 14.6 Å². The fraction of sp³-hybridized carbons (Fsp3) is 0.467. The van der Waals surface area contributed by atoms with E-state index < -0.39 is 0 Å². The molecule has 1 unspecified atom stereocenters. The number of carbonyl (C=O) groups excluding carboxylic acids is 1. The Kier molecular flexibility index (Phi) is 5.10. The van der Waals surface area contributed by atoms with Crippen molar-refractivity contribution in [2.24, 2.45) is 5.92 Å². The minimum Gasteiger partial charge on any atom is -0.384 e. The van der Waals surface area contributed by atoms with E-state index in [0.29, 0.717) is 23.8 Å². The van der Waals surface area contributed by atoms with Crippen molar-refractivity contribution in [2.75, 3.05) is 33.4 Å². The van der Waals surface area contributed by atoms with Crippen LogP contribution in [0.5, 0.6) is 0 Å². The van der Waals surface area contributed by atoms with Gasteiger partial charge >= 0.3 is 0 Å². The molecular formula is C15H18N2O3. The zero-order valence-corrected chi connectivity index (χ0v) is 11.5. The first kappa shape index (κ1) is 14.5. The van der Waals surface area contributed by atoms with Crippen molar-refractivity contribution in [1.82, 2.24) is 9.88 Å². The van der Waals surface area contributed by atoms with Crippen molar-refractivity contribution in [3.05, 3.63) is 29.6 Å². The van der Waals surface area contributed by atoms with Crippen molar-refractivity contribution >= 4 is 5.91 Å². The molecule has 106 valence electrons. The fourth-order valence-corrected chi connectivity index (χ4v) is 2.29. The van der Waals surface area contributed by atoms with Gasteiger partial charge in [0, 0.05) is 37.9 Å². The van der Waals surface area contributed by atoms with E-state index in [4.69, 9.17) is 9.84 Å². The number of carbonyl (C=O) groups is 1. The van der Waals surface area contributed by atoms with Crippen LogP contribution in [0.1, 0.15) is 22.5 Å². The summed E-state index contributed by atoms with van der Waals surface area (Å²) in [5.74, 6) is 5.66. The van der Waals surface area contributed by atoms with Gasteiger partial charge in [0.15, 0.2) is 0 Å². The first-order chi connectivity index (χ1) is 9.74. The molecule has 0 aromatic carbocycles. The lowest BCUT2D eigenvalue weighted by atomic mass is 10.1. The second-order valence-corrected chi connectivity index (χ2v) is 4.75. The Morgan fingerprint density at radius 2 is 2.45 bits per heavy atom. The van der Waals surface area contributed by atoms with Gasteiger partial charge in [-0.1, -0.05) is 11.8 Å². The highest BCUT2D eigenvalue weighted by atomic mass is 16.5. The third-order valence-corrected chi connectivity index (χ3v) is 3.27. The van der Waals surface area contributed by atoms with Crippen LogP contribution in [-0.2, 0) is 4.74 Å². The number of aliphatic hydroxyl groups excluding tert-OH is 1. The van der Waals surface area contributed by atoms with Gasteiger partial charge in [-0.3, -0.25) is 4.79 Å². The number of hydrogen-bond donors (Lipinski definition) is 1. The summed E-state index contributed by atoms with van der Waals surface area (Å²) >= 11 is 0. The van der Waals surface area contributed by atoms with Crippen LogP contribution in [0, 0.1) is 17.8 Å². The van der Waals surface area contributed by atoms with Gasteiger partial charge in [-0.15, -0.1) is 0 Å². The molecule has 1 atom stereocenters. The number of amides is 1. The molecule has 1 aliphatic rings. The number of nitrogens with zero attached hydrogens (tertiary/aromatic N) is 2. The highest BCUT2D eigenvalue weighted by molar-refractivity contribution is 5.92. The quantitative estimate of drug-likeness (QED) is 0.817. The van der Waals surface area contributed by atoms with Crippen LogP contribution in [0.4, 0.5) is 0 Å². The summed E-state index contributed by atoms with van der Waals surface area (Å²) in [6.45, 7) is 1.98. The fourth-order valence-electron chi connectivity index (χ4n) is 2.29. The second-order valence-electron chi connectivity index (χ2n) is 4.75. The van der Waals surface area contributed by atoms with Gasteiger partial charge in [-0.2, -0.15) is 0 Å². The smallest absolute Gasteiger partial charge is 0.272 e. The average molecular weight is 274 g/mol. The van der Waals surface area contributed by atoms with E-state index in [1.807, 2.05) is 4.90 Å². The summed E-state index contributed by atoms with van der Waals surface area (Å²) in [4.78, 5) is 18.2. The highest BCUT2D eigenvalue weighted by Crippen LogP contribution is 2.18. The Morgan fingerprint density at radius 1 is 1.60 bits per heavy atom. The van der Waals surface area contributed by atoms with Gasteiger partial charge in [0.1, 0.15) is 12.3 Å². The molecule has 1 aromatic heterocycles. The summed E-state index contributed by atoms with van der Waals surface area (Å²) in [7, 11) is 1.68. The molecule has 1 fully saturated rings. The molecule has 2 rings (SSSR count). The lowest BCUT2D eigenvalue weighted by Gasteiger charge is -2.15. The lowest BCUT2D eigenvalue weighted by Crippen LogP contribution is -2.29. The number of pyridine rings is 1. The Bertz CT molecular complexity index is 516. The standard InChI is InChI=1S/C15H18N2O3/c1-20-11-13-6-7-17(10-13)15(19)14-5-4-12(9-16-14)3-2-8-18/h4-5,9,13,18H,6-8,10-11H2,1H3. The SMILES string of the molecule is COCC1CCN(C(=O)c2ccc(C#CCO)cn2)C1. The van der Waals surface area contributed by atoms with Gasteiger partial charge in [0.05, 0.1) is 6.61 Å². The van der Waals surface area contributed by atoms with Crippen LogP contribution in [0.15, 0.2) is 18.3 Å². The number of ether oxygens (including phenoxy) is 1. The third-order valence-electron chi connectivity index (χ3n) is 3.27. The molecular weight excluding hydrogens is 256 g/mol. The lowest BCUT2D eigenvalue weighted by molar-refractivity contribution is 0.0770. The molecule has 0 bridgehead atoms. The molecule has 2 heterocycles. The van der Waals surface area contributed by atoms with Crippen LogP contribution in [-0.4, -0.2) is 54.3 Å². The first-order valence-corrected chi connectivity index (χ1v) is 6.58. The summed E-state index contributed by atoms with van der Waals surface area (Å²) in [5.41, 5.74) is 1.12. The average Bonchev–Trinajstić information content (AvgIpc) is 2.94. The summed E-state index contributed by atoms with van der Waals surface area (Å²) < 4.78 is 5.12. The molecule has 1 aromatic rings. The molecule has 0 aliphatic carbocycles. The van der Waals surface area contributed by atoms with Crippen molar-refractivity contribution in [3.63, 3.8) is 0 Å². The van der Waals surface area contributed by atoms with Gasteiger partial charge in [0.2, 0.25) is 0 Å². The predicted octanol–water partition coefficient (Wildman–Crippen LogP) is 0.534. The normalized spacial score (nSPS) is 17.7. The van der Waals surface area contributed by atoms with E-state index in [2.05, 4.69) is 16.8 Å². The Hall–Kier alpha value is -1.90. The highest BCUT2D eigenvalue weighted by Gasteiger charge is 2.27. The van der Waals surface area contributed by atoms with E-state index in [9.17, 15) is 4.79 Å². The molecule has 5 heteroatoms. The number of aliphatic hydroxyl groups is 1. The molecule has 0 radical (unpaired) electrons. The molecule has 0 spiro atoms. The zero-order chi connectivity index (χ0) is 14.4. The minimum atomic E-state index is -0.185. The molecule has 1 aliphatic heterocycles. The Balaban J connectivity index is 1.99. The van der Waals surface area contributed by atoms with Crippen LogP contribution >= 0.6 is 0 Å².